The van der Waals surface area contributed by atoms with Crippen LogP contribution in [0.2, 0.25) is 0 Å². The second kappa shape index (κ2) is 5.89. The van der Waals surface area contributed by atoms with E-state index in [-0.39, 0.29) is 0 Å². The Balaban J connectivity index is 1.86. The molecule has 2 aromatic carbocycles. The van der Waals surface area contributed by atoms with Crippen LogP contribution in [0.25, 0.3) is 22.4 Å². The van der Waals surface area contributed by atoms with Gasteiger partial charge in [0.25, 0.3) is 0 Å². The number of benzene rings is 2. The number of hydrogen-bond acceptors (Lipinski definition) is 4. The van der Waals surface area contributed by atoms with Crippen molar-refractivity contribution in [3.05, 3.63) is 58.6 Å². The van der Waals surface area contributed by atoms with E-state index in [1.54, 1.807) is 11.3 Å². The molecule has 0 aliphatic carbocycles. The summed E-state index contributed by atoms with van der Waals surface area (Å²) in [5.74, 6) is 0. The Labute approximate surface area is 127 Å². The first-order valence-electron chi connectivity index (χ1n) is 6.60. The van der Waals surface area contributed by atoms with Crippen LogP contribution in [0.1, 0.15) is 20.9 Å². The van der Waals surface area contributed by atoms with Gasteiger partial charge in [0.05, 0.1) is 10.2 Å². The topological polar surface area (TPSA) is 42.0 Å². The van der Waals surface area contributed by atoms with E-state index in [9.17, 15) is 4.79 Å². The third kappa shape index (κ3) is 3.01. The molecule has 21 heavy (non-hydrogen) atoms. The molecule has 3 aromatic rings. The van der Waals surface area contributed by atoms with Gasteiger partial charge in [-0.25, -0.2) is 4.98 Å². The minimum Gasteiger partial charge on any atom is -0.388 e. The van der Waals surface area contributed by atoms with E-state index in [0.29, 0.717) is 5.56 Å². The van der Waals surface area contributed by atoms with Gasteiger partial charge >= 0.3 is 0 Å². The van der Waals surface area contributed by atoms with Gasteiger partial charge in [0.15, 0.2) is 0 Å². The molecule has 3 rings (SSSR count). The number of fused-ring (bicyclic) bond motifs is 1. The Hall–Kier alpha value is -2.46. The molecule has 1 N–H and O–H groups in total. The molecule has 1 heterocycles. The van der Waals surface area contributed by atoms with E-state index < -0.39 is 0 Å². The molecule has 1 aromatic heterocycles. The van der Waals surface area contributed by atoms with Crippen molar-refractivity contribution in [3.8, 4) is 0 Å². The monoisotopic (exact) mass is 294 g/mol. The summed E-state index contributed by atoms with van der Waals surface area (Å²) < 4.78 is 1.16. The van der Waals surface area contributed by atoms with Crippen molar-refractivity contribution in [2.24, 2.45) is 0 Å². The maximum Gasteiger partial charge on any atom is 0.150 e. The van der Waals surface area contributed by atoms with Crippen LogP contribution < -0.4 is 5.32 Å². The van der Waals surface area contributed by atoms with Crippen molar-refractivity contribution < 1.29 is 4.79 Å². The highest BCUT2D eigenvalue weighted by atomic mass is 32.1. The molecule has 0 saturated carbocycles. The average molecular weight is 294 g/mol. The van der Waals surface area contributed by atoms with Crippen LogP contribution >= 0.6 is 11.3 Å². The predicted molar refractivity (Wildman–Crippen MR) is 89.9 cm³/mol. The maximum absolute atomic E-state index is 10.6. The van der Waals surface area contributed by atoms with Crippen molar-refractivity contribution in [1.29, 1.82) is 0 Å². The maximum atomic E-state index is 10.6. The van der Waals surface area contributed by atoms with Crippen molar-refractivity contribution >= 4 is 45.7 Å². The number of carbonyl (C=O) groups excluding carboxylic acids is 1. The Kier molecular flexibility index (Phi) is 3.79. The fraction of sp³-hybridized carbons (Fsp3) is 0.0588. The number of rotatable bonds is 4. The van der Waals surface area contributed by atoms with Crippen LogP contribution in [0.4, 0.5) is 5.69 Å². The molecular formula is C17H14N2OS. The van der Waals surface area contributed by atoms with Crippen molar-refractivity contribution in [3.63, 3.8) is 0 Å². The molecule has 104 valence electrons. The van der Waals surface area contributed by atoms with E-state index in [1.165, 1.54) is 0 Å². The molecule has 0 spiro atoms. The Bertz CT molecular complexity index is 803. The number of carbonyl (C=O) groups is 1. The largest absolute Gasteiger partial charge is 0.388 e. The quantitative estimate of drug-likeness (QED) is 0.729. The van der Waals surface area contributed by atoms with Crippen LogP contribution in [0.15, 0.2) is 42.5 Å². The number of nitrogens with zero attached hydrogens (tertiary/aromatic N) is 1. The third-order valence-electron chi connectivity index (χ3n) is 3.18. The minimum atomic E-state index is 0.687. The Morgan fingerprint density at radius 3 is 2.52 bits per heavy atom. The van der Waals surface area contributed by atoms with Gasteiger partial charge in [-0.2, -0.15) is 0 Å². The van der Waals surface area contributed by atoms with E-state index in [4.69, 9.17) is 0 Å². The molecule has 0 fully saturated rings. The van der Waals surface area contributed by atoms with Gasteiger partial charge in [-0.1, -0.05) is 30.3 Å². The lowest BCUT2D eigenvalue weighted by atomic mass is 10.1. The molecule has 0 bridgehead atoms. The first-order chi connectivity index (χ1) is 10.3. The van der Waals surface area contributed by atoms with Gasteiger partial charge in [-0.05, 0) is 29.8 Å². The van der Waals surface area contributed by atoms with E-state index in [2.05, 4.69) is 16.4 Å². The van der Waals surface area contributed by atoms with Gasteiger partial charge < -0.3 is 5.32 Å². The van der Waals surface area contributed by atoms with Crippen molar-refractivity contribution in [2.45, 2.75) is 0 Å². The summed E-state index contributed by atoms with van der Waals surface area (Å²) in [7, 11) is 1.91. The van der Waals surface area contributed by atoms with Crippen molar-refractivity contribution in [1.82, 2.24) is 4.98 Å². The normalized spacial score (nSPS) is 11.1. The van der Waals surface area contributed by atoms with Crippen LogP contribution in [-0.2, 0) is 0 Å². The third-order valence-corrected chi connectivity index (χ3v) is 4.17. The summed E-state index contributed by atoms with van der Waals surface area (Å²) in [6, 6.07) is 13.6. The number of thiazole rings is 1. The second-order valence-electron chi connectivity index (χ2n) is 4.60. The highest BCUT2D eigenvalue weighted by molar-refractivity contribution is 7.19. The molecule has 0 radical (unpaired) electrons. The summed E-state index contributed by atoms with van der Waals surface area (Å²) in [5.41, 5.74) is 3.84. The predicted octanol–water partition coefficient (Wildman–Crippen LogP) is 4.32. The van der Waals surface area contributed by atoms with Crippen LogP contribution in [0.3, 0.4) is 0 Å². The lowest BCUT2D eigenvalue weighted by molar-refractivity contribution is 0.112. The number of anilines is 1. The SMILES string of the molecule is CNc1ccc2nc(/C=C/c3ccc(C=O)cc3)sc2c1. The highest BCUT2D eigenvalue weighted by Gasteiger charge is 2.02. The fourth-order valence-corrected chi connectivity index (χ4v) is 2.93. The number of hydrogen-bond donors (Lipinski definition) is 1. The summed E-state index contributed by atoms with van der Waals surface area (Å²) in [6.45, 7) is 0. The first-order valence-corrected chi connectivity index (χ1v) is 7.42. The van der Waals surface area contributed by atoms with E-state index in [1.807, 2.05) is 55.6 Å². The van der Waals surface area contributed by atoms with Crippen molar-refractivity contribution in [2.75, 3.05) is 12.4 Å². The molecule has 0 aliphatic rings. The molecule has 0 saturated heterocycles. The molecule has 0 unspecified atom stereocenters. The minimum absolute atomic E-state index is 0.687. The molecule has 0 amide bonds. The lowest BCUT2D eigenvalue weighted by Gasteiger charge is -1.96. The van der Waals surface area contributed by atoms with Gasteiger partial charge in [0, 0.05) is 18.3 Å². The number of aromatic nitrogens is 1. The molecule has 0 aliphatic heterocycles. The van der Waals surface area contributed by atoms with Gasteiger partial charge in [-0.15, -0.1) is 11.3 Å². The zero-order valence-corrected chi connectivity index (χ0v) is 12.4. The second-order valence-corrected chi connectivity index (χ2v) is 5.66. The first kappa shape index (κ1) is 13.5. The molecule has 3 nitrogen and oxygen atoms in total. The molecule has 4 heteroatoms. The number of aldehydes is 1. The molecule has 0 atom stereocenters. The van der Waals surface area contributed by atoms with Gasteiger partial charge in [0.2, 0.25) is 0 Å². The van der Waals surface area contributed by atoms with Gasteiger partial charge in [0.1, 0.15) is 11.3 Å². The zero-order valence-electron chi connectivity index (χ0n) is 11.5. The summed E-state index contributed by atoms with van der Waals surface area (Å²) in [6.07, 6.45) is 4.85. The summed E-state index contributed by atoms with van der Waals surface area (Å²) in [5, 5.41) is 4.10. The summed E-state index contributed by atoms with van der Waals surface area (Å²) in [4.78, 5) is 15.2. The Morgan fingerprint density at radius 2 is 1.81 bits per heavy atom. The van der Waals surface area contributed by atoms with E-state index >= 15 is 0 Å². The van der Waals surface area contributed by atoms with Crippen LogP contribution in [0.5, 0.6) is 0 Å². The smallest absolute Gasteiger partial charge is 0.150 e. The Morgan fingerprint density at radius 1 is 1.05 bits per heavy atom. The molecular weight excluding hydrogens is 280 g/mol. The summed E-state index contributed by atoms with van der Waals surface area (Å²) >= 11 is 1.66. The van der Waals surface area contributed by atoms with Crippen LogP contribution in [0, 0.1) is 0 Å². The van der Waals surface area contributed by atoms with E-state index in [0.717, 1.165) is 32.8 Å². The standard InChI is InChI=1S/C17H14N2OS/c1-18-14-7-8-15-16(10-14)21-17(19-15)9-6-12-2-4-13(11-20)5-3-12/h2-11,18H,1H3/b9-6+. The average Bonchev–Trinajstić information content (AvgIpc) is 2.95. The van der Waals surface area contributed by atoms with Gasteiger partial charge in [-0.3, -0.25) is 4.79 Å². The van der Waals surface area contributed by atoms with Crippen LogP contribution in [-0.4, -0.2) is 18.3 Å². The lowest BCUT2D eigenvalue weighted by Crippen LogP contribution is -1.85. The fourth-order valence-electron chi connectivity index (χ4n) is 2.02. The number of nitrogens with one attached hydrogen (secondary N) is 1. The highest BCUT2D eigenvalue weighted by Crippen LogP contribution is 2.26. The zero-order chi connectivity index (χ0) is 14.7.